The summed E-state index contributed by atoms with van der Waals surface area (Å²) in [6.07, 6.45) is 0. The number of esters is 1. The van der Waals surface area contributed by atoms with Crippen molar-refractivity contribution in [1.29, 1.82) is 5.26 Å². The number of nitrogens with zero attached hydrogens (tertiary/aromatic N) is 1. The van der Waals surface area contributed by atoms with E-state index in [2.05, 4.69) is 5.32 Å². The van der Waals surface area contributed by atoms with Crippen molar-refractivity contribution in [2.45, 2.75) is 26.3 Å². The molecule has 1 aliphatic rings. The van der Waals surface area contributed by atoms with Crippen molar-refractivity contribution in [3.05, 3.63) is 88.5 Å². The molecule has 0 saturated heterocycles. The Bertz CT molecular complexity index is 1110. The molecule has 2 aromatic carbocycles. The van der Waals surface area contributed by atoms with Crippen LogP contribution in [0.25, 0.3) is 0 Å². The molecule has 1 unspecified atom stereocenters. The summed E-state index contributed by atoms with van der Waals surface area (Å²) in [5, 5.41) is 12.4. The fraction of sp³-hybridized carbons (Fsp3) is 0.240. The van der Waals surface area contributed by atoms with Crippen LogP contribution in [0.2, 0.25) is 0 Å². The average Bonchev–Trinajstić information content (AvgIpc) is 2.82. The van der Waals surface area contributed by atoms with Crippen LogP contribution in [0.1, 0.15) is 30.9 Å². The Morgan fingerprint density at radius 1 is 1.15 bits per heavy atom. The number of carbonyl (C=O) groups excluding carboxylic acids is 2. The van der Waals surface area contributed by atoms with Gasteiger partial charge in [0.25, 0.3) is 5.91 Å². The number of hydrogen-bond acceptors (Lipinski definition) is 7. The number of carbonyl (C=O) groups is 2. The van der Waals surface area contributed by atoms with E-state index in [0.29, 0.717) is 17.9 Å². The SMILES string of the molecule is CCOC(=O)C1=C(C)OC(N)=C(C#N)C1c1ccc(OCC(=O)NCc2ccccc2)cc1. The van der Waals surface area contributed by atoms with Crippen LogP contribution in [0.15, 0.2) is 77.4 Å². The first kappa shape index (κ1) is 23.4. The number of nitrogens with two attached hydrogens (primary N) is 1. The average molecular weight is 447 g/mol. The molecule has 1 amide bonds. The summed E-state index contributed by atoms with van der Waals surface area (Å²) in [6.45, 7) is 3.75. The molecule has 1 atom stereocenters. The van der Waals surface area contributed by atoms with Crippen LogP contribution >= 0.6 is 0 Å². The van der Waals surface area contributed by atoms with Gasteiger partial charge in [-0.3, -0.25) is 4.79 Å². The monoisotopic (exact) mass is 447 g/mol. The maximum Gasteiger partial charge on any atom is 0.338 e. The Hall–Kier alpha value is -4.25. The number of amides is 1. The van der Waals surface area contributed by atoms with Gasteiger partial charge >= 0.3 is 5.97 Å². The van der Waals surface area contributed by atoms with E-state index >= 15 is 0 Å². The van der Waals surface area contributed by atoms with Crippen molar-refractivity contribution in [3.63, 3.8) is 0 Å². The van der Waals surface area contributed by atoms with Crippen molar-refractivity contribution >= 4 is 11.9 Å². The molecular weight excluding hydrogens is 422 g/mol. The quantitative estimate of drug-likeness (QED) is 0.596. The third-order valence-corrected chi connectivity index (χ3v) is 5.02. The summed E-state index contributed by atoms with van der Waals surface area (Å²) in [4.78, 5) is 24.6. The van der Waals surface area contributed by atoms with Crippen molar-refractivity contribution in [2.75, 3.05) is 13.2 Å². The van der Waals surface area contributed by atoms with E-state index in [1.54, 1.807) is 38.1 Å². The van der Waals surface area contributed by atoms with Crippen LogP contribution in [0.3, 0.4) is 0 Å². The highest BCUT2D eigenvalue weighted by atomic mass is 16.5. The lowest BCUT2D eigenvalue weighted by molar-refractivity contribution is -0.139. The number of benzene rings is 2. The van der Waals surface area contributed by atoms with Gasteiger partial charge in [-0.2, -0.15) is 5.26 Å². The lowest BCUT2D eigenvalue weighted by Gasteiger charge is -2.26. The summed E-state index contributed by atoms with van der Waals surface area (Å²) < 4.78 is 16.1. The number of rotatable bonds is 8. The van der Waals surface area contributed by atoms with Crippen LogP contribution in [-0.4, -0.2) is 25.1 Å². The molecule has 0 saturated carbocycles. The zero-order valence-electron chi connectivity index (χ0n) is 18.5. The van der Waals surface area contributed by atoms with Crippen LogP contribution in [0.4, 0.5) is 0 Å². The molecule has 3 rings (SSSR count). The summed E-state index contributed by atoms with van der Waals surface area (Å²) in [7, 11) is 0. The number of allylic oxidation sites excluding steroid dienone is 2. The maximum atomic E-state index is 12.6. The largest absolute Gasteiger partial charge is 0.484 e. The fourth-order valence-corrected chi connectivity index (χ4v) is 3.44. The first-order valence-corrected chi connectivity index (χ1v) is 10.4. The number of hydrogen-bond donors (Lipinski definition) is 2. The lowest BCUT2D eigenvalue weighted by Crippen LogP contribution is -2.28. The summed E-state index contributed by atoms with van der Waals surface area (Å²) in [5.74, 6) is -0.858. The molecule has 3 N–H and O–H groups in total. The van der Waals surface area contributed by atoms with Crippen LogP contribution in [-0.2, 0) is 25.6 Å². The highest BCUT2D eigenvalue weighted by Crippen LogP contribution is 2.39. The molecule has 2 aromatic rings. The van der Waals surface area contributed by atoms with Gasteiger partial charge in [-0.25, -0.2) is 4.79 Å². The van der Waals surface area contributed by atoms with E-state index in [0.717, 1.165) is 5.56 Å². The van der Waals surface area contributed by atoms with Crippen molar-refractivity contribution in [2.24, 2.45) is 5.73 Å². The number of nitriles is 1. The summed E-state index contributed by atoms with van der Waals surface area (Å²) in [5.41, 5.74) is 7.88. The first-order valence-electron chi connectivity index (χ1n) is 10.4. The molecule has 1 heterocycles. The van der Waals surface area contributed by atoms with E-state index in [1.807, 2.05) is 36.4 Å². The smallest absolute Gasteiger partial charge is 0.338 e. The van der Waals surface area contributed by atoms with Gasteiger partial charge in [0.2, 0.25) is 5.88 Å². The standard InChI is InChI=1S/C25H25N3O5/c1-3-31-25(30)22-16(2)33-24(27)20(13-26)23(22)18-9-11-19(12-10-18)32-15-21(29)28-14-17-7-5-4-6-8-17/h4-12,23H,3,14-15,27H2,1-2H3,(H,28,29). The zero-order valence-corrected chi connectivity index (χ0v) is 18.5. The number of ether oxygens (including phenoxy) is 3. The molecule has 33 heavy (non-hydrogen) atoms. The van der Waals surface area contributed by atoms with Gasteiger partial charge in [0.15, 0.2) is 6.61 Å². The third kappa shape index (κ3) is 5.71. The molecule has 0 aromatic heterocycles. The molecule has 8 heteroatoms. The molecule has 8 nitrogen and oxygen atoms in total. The Labute approximate surface area is 192 Å². The second kappa shape index (κ2) is 10.9. The minimum Gasteiger partial charge on any atom is -0.484 e. The maximum absolute atomic E-state index is 12.6. The van der Waals surface area contributed by atoms with Gasteiger partial charge < -0.3 is 25.3 Å². The molecule has 0 radical (unpaired) electrons. The number of nitrogens with one attached hydrogen (secondary N) is 1. The fourth-order valence-electron chi connectivity index (χ4n) is 3.44. The lowest BCUT2D eigenvalue weighted by atomic mass is 9.83. The van der Waals surface area contributed by atoms with Gasteiger partial charge in [0, 0.05) is 6.54 Å². The third-order valence-electron chi connectivity index (χ3n) is 5.02. The predicted octanol–water partition coefficient (Wildman–Crippen LogP) is 3.03. The predicted molar refractivity (Wildman–Crippen MR) is 120 cm³/mol. The Balaban J connectivity index is 1.70. The van der Waals surface area contributed by atoms with E-state index in [9.17, 15) is 14.9 Å². The first-order chi connectivity index (χ1) is 15.9. The highest BCUT2D eigenvalue weighted by molar-refractivity contribution is 5.92. The molecule has 0 fully saturated rings. The Morgan fingerprint density at radius 3 is 2.48 bits per heavy atom. The topological polar surface area (TPSA) is 124 Å². The van der Waals surface area contributed by atoms with Crippen molar-refractivity contribution in [3.8, 4) is 11.8 Å². The summed E-state index contributed by atoms with van der Waals surface area (Å²) in [6, 6.07) is 18.4. The Kier molecular flexibility index (Phi) is 7.71. The minimum atomic E-state index is -0.731. The molecule has 170 valence electrons. The van der Waals surface area contributed by atoms with E-state index in [-0.39, 0.29) is 41.9 Å². The second-order valence-corrected chi connectivity index (χ2v) is 7.24. The zero-order chi connectivity index (χ0) is 23.8. The minimum absolute atomic E-state index is 0.0523. The van der Waals surface area contributed by atoms with Gasteiger partial charge in [-0.15, -0.1) is 0 Å². The second-order valence-electron chi connectivity index (χ2n) is 7.24. The molecule has 1 aliphatic heterocycles. The van der Waals surface area contributed by atoms with Crippen molar-refractivity contribution < 1.29 is 23.8 Å². The highest BCUT2D eigenvalue weighted by Gasteiger charge is 2.36. The van der Waals surface area contributed by atoms with Gasteiger partial charge in [0.05, 0.1) is 18.1 Å². The van der Waals surface area contributed by atoms with E-state index < -0.39 is 11.9 Å². The van der Waals surface area contributed by atoms with E-state index in [1.165, 1.54) is 0 Å². The van der Waals surface area contributed by atoms with Gasteiger partial charge in [-0.1, -0.05) is 42.5 Å². The van der Waals surface area contributed by atoms with Crippen molar-refractivity contribution in [1.82, 2.24) is 5.32 Å². The van der Waals surface area contributed by atoms with Crippen LogP contribution < -0.4 is 15.8 Å². The Morgan fingerprint density at radius 2 is 1.85 bits per heavy atom. The van der Waals surface area contributed by atoms with Gasteiger partial charge in [0.1, 0.15) is 23.2 Å². The molecular formula is C25H25N3O5. The molecule has 0 spiro atoms. The molecule has 0 bridgehead atoms. The molecule has 0 aliphatic carbocycles. The normalized spacial score (nSPS) is 15.4. The van der Waals surface area contributed by atoms with Gasteiger partial charge in [-0.05, 0) is 37.1 Å². The van der Waals surface area contributed by atoms with Crippen LogP contribution in [0, 0.1) is 11.3 Å². The van der Waals surface area contributed by atoms with Crippen LogP contribution in [0.5, 0.6) is 5.75 Å². The van der Waals surface area contributed by atoms with E-state index in [4.69, 9.17) is 19.9 Å². The summed E-state index contributed by atoms with van der Waals surface area (Å²) >= 11 is 0.